The van der Waals surface area contributed by atoms with Crippen molar-refractivity contribution in [1.82, 2.24) is 4.68 Å². The van der Waals surface area contributed by atoms with Crippen molar-refractivity contribution >= 4 is 27.7 Å². The van der Waals surface area contributed by atoms with Crippen LogP contribution < -0.4 is 10.6 Å². The summed E-state index contributed by atoms with van der Waals surface area (Å²) in [6.07, 6.45) is 0. The second kappa shape index (κ2) is 9.38. The minimum Gasteiger partial charge on any atom is -0.273 e. The Morgan fingerprint density at radius 1 is 0.667 bits per heavy atom. The van der Waals surface area contributed by atoms with Gasteiger partial charge in [-0.2, -0.15) is 5.01 Å². The van der Waals surface area contributed by atoms with Crippen LogP contribution in [0.25, 0.3) is 33.5 Å². The molecule has 0 N–H and O–H groups in total. The number of benzene rings is 3. The first kappa shape index (κ1) is 22.4. The molecule has 0 radical (unpaired) electrons. The third-order valence-electron chi connectivity index (χ3n) is 5.27. The molecule has 0 fully saturated rings. The lowest BCUT2D eigenvalue weighted by Gasteiger charge is -2.28. The Morgan fingerprint density at radius 2 is 1.06 bits per heavy atom. The Labute approximate surface area is 200 Å². The van der Waals surface area contributed by atoms with E-state index in [2.05, 4.69) is 15.9 Å². The number of hydrogen-bond acceptors (Lipinski definition) is 3. The second-order valence-corrected chi connectivity index (χ2v) is 8.27. The topological polar surface area (TPSA) is 59.4 Å². The lowest BCUT2D eigenvalue weighted by atomic mass is 9.91. The fourth-order valence-corrected chi connectivity index (χ4v) is 4.55. The fourth-order valence-electron chi connectivity index (χ4n) is 3.95. The Kier molecular flexibility index (Phi) is 6.38. The van der Waals surface area contributed by atoms with E-state index in [-0.39, 0.29) is 4.47 Å². The molecule has 0 spiro atoms. The highest BCUT2D eigenvalue weighted by atomic mass is 79.9. The van der Waals surface area contributed by atoms with Crippen molar-refractivity contribution in [3.63, 3.8) is 0 Å². The molecule has 3 aromatic carbocycles. The Hall–Kier alpha value is -3.77. The molecule has 0 atom stereocenters. The van der Waals surface area contributed by atoms with Crippen molar-refractivity contribution in [2.45, 2.75) is 13.8 Å². The van der Waals surface area contributed by atoms with Crippen molar-refractivity contribution in [3.05, 3.63) is 106 Å². The molecule has 164 valence electrons. The first-order chi connectivity index (χ1) is 15.9. The fraction of sp³-hybridized carbons (Fsp3) is 0.0741. The number of pyridine rings is 1. The number of halogens is 1. The molecule has 2 amide bonds. The van der Waals surface area contributed by atoms with Crippen LogP contribution in [0.15, 0.2) is 100 Å². The number of carbonyl (C=O) groups excluding carboxylic acids is 2. The largest absolute Gasteiger partial charge is 0.285 e. The molecule has 6 heteroatoms. The van der Waals surface area contributed by atoms with Crippen LogP contribution >= 0.6 is 15.9 Å². The normalized spacial score (nSPS) is 10.6. The van der Waals surface area contributed by atoms with Gasteiger partial charge >= 0.3 is 0 Å². The SMILES string of the molecule is CC(=O)N(C(C)=O)n1c(-c2ccccc2)c(-c2ccccc2)c(-c2ccccc2)c(Br)c1=O. The van der Waals surface area contributed by atoms with Gasteiger partial charge in [0.05, 0.1) is 10.2 Å². The molecule has 33 heavy (non-hydrogen) atoms. The van der Waals surface area contributed by atoms with Gasteiger partial charge in [0.15, 0.2) is 0 Å². The van der Waals surface area contributed by atoms with Crippen molar-refractivity contribution in [3.8, 4) is 33.5 Å². The number of aromatic nitrogens is 1. The van der Waals surface area contributed by atoms with E-state index in [9.17, 15) is 14.4 Å². The van der Waals surface area contributed by atoms with Gasteiger partial charge in [-0.05, 0) is 27.1 Å². The maximum absolute atomic E-state index is 13.8. The molecule has 0 unspecified atom stereocenters. The van der Waals surface area contributed by atoms with Crippen LogP contribution in [0.3, 0.4) is 0 Å². The zero-order valence-corrected chi connectivity index (χ0v) is 19.7. The van der Waals surface area contributed by atoms with Gasteiger partial charge in [0, 0.05) is 30.5 Å². The van der Waals surface area contributed by atoms with Gasteiger partial charge in [0.25, 0.3) is 5.56 Å². The van der Waals surface area contributed by atoms with E-state index in [1.807, 2.05) is 91.0 Å². The molecule has 0 aliphatic carbocycles. The maximum atomic E-state index is 13.8. The van der Waals surface area contributed by atoms with E-state index < -0.39 is 17.4 Å². The van der Waals surface area contributed by atoms with Gasteiger partial charge in [-0.15, -0.1) is 0 Å². The Morgan fingerprint density at radius 3 is 1.48 bits per heavy atom. The molecule has 0 saturated carbocycles. The summed E-state index contributed by atoms with van der Waals surface area (Å²) in [5.74, 6) is -1.11. The number of hydrogen-bond donors (Lipinski definition) is 0. The highest BCUT2D eigenvalue weighted by molar-refractivity contribution is 9.10. The van der Waals surface area contributed by atoms with Gasteiger partial charge in [0.1, 0.15) is 0 Å². The van der Waals surface area contributed by atoms with Crippen LogP contribution in [0.2, 0.25) is 0 Å². The van der Waals surface area contributed by atoms with E-state index >= 15 is 0 Å². The summed E-state index contributed by atoms with van der Waals surface area (Å²) in [7, 11) is 0. The second-order valence-electron chi connectivity index (χ2n) is 7.48. The molecule has 0 bridgehead atoms. The van der Waals surface area contributed by atoms with E-state index in [0.29, 0.717) is 16.8 Å². The smallest absolute Gasteiger partial charge is 0.273 e. The van der Waals surface area contributed by atoms with Gasteiger partial charge < -0.3 is 0 Å². The zero-order valence-electron chi connectivity index (χ0n) is 18.2. The molecule has 4 aromatic rings. The third kappa shape index (κ3) is 4.17. The van der Waals surface area contributed by atoms with Crippen molar-refractivity contribution in [1.29, 1.82) is 0 Å². The van der Waals surface area contributed by atoms with Gasteiger partial charge in [-0.25, -0.2) is 4.68 Å². The average Bonchev–Trinajstić information content (AvgIpc) is 2.83. The molecule has 5 nitrogen and oxygen atoms in total. The van der Waals surface area contributed by atoms with Crippen molar-refractivity contribution in [2.75, 3.05) is 5.01 Å². The third-order valence-corrected chi connectivity index (χ3v) is 6.00. The monoisotopic (exact) mass is 500 g/mol. The molecule has 0 saturated heterocycles. The van der Waals surface area contributed by atoms with Gasteiger partial charge in [0.2, 0.25) is 11.8 Å². The van der Waals surface area contributed by atoms with E-state index in [0.717, 1.165) is 21.7 Å². The van der Waals surface area contributed by atoms with Gasteiger partial charge in [-0.1, -0.05) is 91.0 Å². The average molecular weight is 501 g/mol. The number of rotatable bonds is 4. The predicted molar refractivity (Wildman–Crippen MR) is 134 cm³/mol. The molecular weight excluding hydrogens is 480 g/mol. The maximum Gasteiger partial charge on any atom is 0.285 e. The summed E-state index contributed by atoms with van der Waals surface area (Å²) >= 11 is 3.51. The van der Waals surface area contributed by atoms with Crippen LogP contribution in [-0.4, -0.2) is 16.5 Å². The lowest BCUT2D eigenvalue weighted by Crippen LogP contribution is -2.49. The quantitative estimate of drug-likeness (QED) is 0.364. The van der Waals surface area contributed by atoms with Crippen molar-refractivity contribution < 1.29 is 9.59 Å². The Bertz CT molecular complexity index is 1370. The zero-order chi connectivity index (χ0) is 23.5. The molecule has 1 aromatic heterocycles. The summed E-state index contributed by atoms with van der Waals surface area (Å²) in [5.41, 5.74) is 3.75. The number of amides is 2. The Balaban J connectivity index is 2.29. The van der Waals surface area contributed by atoms with Crippen molar-refractivity contribution in [2.24, 2.45) is 0 Å². The number of imide groups is 1. The number of carbonyl (C=O) groups is 2. The van der Waals surface area contributed by atoms with Gasteiger partial charge in [-0.3, -0.25) is 14.4 Å². The summed E-state index contributed by atoms with van der Waals surface area (Å²) in [4.78, 5) is 38.9. The molecule has 0 aliphatic rings. The molecule has 4 rings (SSSR count). The van der Waals surface area contributed by atoms with E-state index in [4.69, 9.17) is 0 Å². The van der Waals surface area contributed by atoms with Crippen LogP contribution in [0, 0.1) is 0 Å². The van der Waals surface area contributed by atoms with Crippen LogP contribution in [0.5, 0.6) is 0 Å². The first-order valence-corrected chi connectivity index (χ1v) is 11.2. The predicted octanol–water partition coefficient (Wildman–Crippen LogP) is 5.64. The summed E-state index contributed by atoms with van der Waals surface area (Å²) in [5, 5.41) is 0.886. The number of nitrogens with zero attached hydrogens (tertiary/aromatic N) is 2. The van der Waals surface area contributed by atoms with Crippen LogP contribution in [0.4, 0.5) is 0 Å². The van der Waals surface area contributed by atoms with E-state index in [1.165, 1.54) is 18.5 Å². The minimum absolute atomic E-state index is 0.264. The minimum atomic E-state index is -0.555. The highest BCUT2D eigenvalue weighted by Crippen LogP contribution is 2.42. The molecule has 0 aliphatic heterocycles. The standard InChI is InChI=1S/C27H21BrN2O3/c1-18(31)29(19(2)32)30-26(22-16-10-5-11-17-22)24(21-14-8-4-9-15-21)23(25(28)27(30)33)20-12-6-3-7-13-20/h3-17H,1-2H3. The summed E-state index contributed by atoms with van der Waals surface area (Å²) in [6, 6.07) is 28.5. The first-order valence-electron chi connectivity index (χ1n) is 10.4. The summed E-state index contributed by atoms with van der Waals surface area (Å²) < 4.78 is 1.44. The lowest BCUT2D eigenvalue weighted by molar-refractivity contribution is -0.126. The van der Waals surface area contributed by atoms with Crippen LogP contribution in [0.1, 0.15) is 13.8 Å². The van der Waals surface area contributed by atoms with E-state index in [1.54, 1.807) is 0 Å². The highest BCUT2D eigenvalue weighted by Gasteiger charge is 2.29. The van der Waals surface area contributed by atoms with Crippen LogP contribution in [-0.2, 0) is 9.59 Å². The molecule has 1 heterocycles. The summed E-state index contributed by atoms with van der Waals surface area (Å²) in [6.45, 7) is 2.54. The molecular formula is C27H21BrN2O3.